The lowest BCUT2D eigenvalue weighted by Gasteiger charge is -2.31. The molecule has 0 saturated heterocycles. The summed E-state index contributed by atoms with van der Waals surface area (Å²) in [6, 6.07) is 9.40. The highest BCUT2D eigenvalue weighted by atomic mass is 16.6. The molecule has 1 aromatic heterocycles. The summed E-state index contributed by atoms with van der Waals surface area (Å²) in [6.45, 7) is 4.13. The predicted molar refractivity (Wildman–Crippen MR) is 130 cm³/mol. The Bertz CT molecular complexity index is 923. The number of rotatable bonds is 10. The zero-order chi connectivity index (χ0) is 23.8. The lowest BCUT2D eigenvalue weighted by atomic mass is 9.82. The maximum Gasteiger partial charge on any atom is 0.340 e. The molecule has 1 aliphatic carbocycles. The van der Waals surface area contributed by atoms with E-state index in [4.69, 9.17) is 4.74 Å². The molecule has 0 spiro atoms. The van der Waals surface area contributed by atoms with Crippen molar-refractivity contribution in [2.75, 3.05) is 7.05 Å². The van der Waals surface area contributed by atoms with Gasteiger partial charge in [-0.2, -0.15) is 0 Å². The minimum Gasteiger partial charge on any atom is -0.456 e. The molecule has 0 radical (unpaired) electrons. The van der Waals surface area contributed by atoms with Crippen molar-refractivity contribution in [2.24, 2.45) is 17.8 Å². The fourth-order valence-corrected chi connectivity index (χ4v) is 4.95. The minimum atomic E-state index is -0.898. The normalized spacial score (nSPS) is 17.5. The summed E-state index contributed by atoms with van der Waals surface area (Å²) in [5.41, 5.74) is 1.19. The number of aromatic nitrogens is 1. The van der Waals surface area contributed by atoms with Crippen LogP contribution in [-0.4, -0.2) is 41.2 Å². The Morgan fingerprint density at radius 1 is 1.15 bits per heavy atom. The largest absolute Gasteiger partial charge is 0.456 e. The van der Waals surface area contributed by atoms with Crippen LogP contribution >= 0.6 is 0 Å². The third-order valence-corrected chi connectivity index (χ3v) is 6.70. The zero-order valence-electron chi connectivity index (χ0n) is 20.1. The molecule has 1 aliphatic rings. The number of aliphatic hydroxyl groups is 1. The molecular weight excluding hydrogens is 416 g/mol. The van der Waals surface area contributed by atoms with E-state index in [9.17, 15) is 14.7 Å². The maximum atomic E-state index is 13.0. The van der Waals surface area contributed by atoms with Crippen LogP contribution in [0.1, 0.15) is 75.6 Å². The second kappa shape index (κ2) is 12.1. The third kappa shape index (κ3) is 7.26. The zero-order valence-corrected chi connectivity index (χ0v) is 20.1. The molecule has 33 heavy (non-hydrogen) atoms. The average molecular weight is 455 g/mol. The van der Waals surface area contributed by atoms with Crippen LogP contribution in [-0.2, 0) is 9.53 Å². The van der Waals surface area contributed by atoms with Crippen molar-refractivity contribution >= 4 is 22.8 Å². The van der Waals surface area contributed by atoms with Crippen molar-refractivity contribution < 1.29 is 19.4 Å². The highest BCUT2D eigenvalue weighted by Crippen LogP contribution is 2.31. The smallest absolute Gasteiger partial charge is 0.340 e. The van der Waals surface area contributed by atoms with Crippen LogP contribution < -0.4 is 5.32 Å². The van der Waals surface area contributed by atoms with Gasteiger partial charge in [-0.3, -0.25) is 9.78 Å². The number of nitrogens with zero attached hydrogens (tertiary/aromatic N) is 1. The van der Waals surface area contributed by atoms with Crippen LogP contribution in [0, 0.1) is 17.8 Å². The molecule has 6 heteroatoms. The predicted octanol–water partition coefficient (Wildman–Crippen LogP) is 4.89. The van der Waals surface area contributed by atoms with E-state index in [2.05, 4.69) is 24.1 Å². The first-order valence-corrected chi connectivity index (χ1v) is 12.3. The molecule has 2 aromatic rings. The van der Waals surface area contributed by atoms with Crippen molar-refractivity contribution in [1.82, 2.24) is 10.3 Å². The van der Waals surface area contributed by atoms with Gasteiger partial charge in [0.2, 0.25) is 5.91 Å². The molecule has 1 saturated carbocycles. The summed E-state index contributed by atoms with van der Waals surface area (Å²) in [7, 11) is 1.62. The number of nitrogens with one attached hydrogen (secondary N) is 1. The van der Waals surface area contributed by atoms with Gasteiger partial charge in [0, 0.05) is 24.5 Å². The summed E-state index contributed by atoms with van der Waals surface area (Å²) in [5, 5.41) is 14.7. The Morgan fingerprint density at radius 3 is 2.58 bits per heavy atom. The van der Waals surface area contributed by atoms with Gasteiger partial charge < -0.3 is 15.2 Å². The van der Waals surface area contributed by atoms with E-state index in [1.54, 1.807) is 13.1 Å². The Balaban J connectivity index is 1.76. The van der Waals surface area contributed by atoms with Gasteiger partial charge in [0.1, 0.15) is 6.10 Å². The Morgan fingerprint density at radius 2 is 1.88 bits per heavy atom. The standard InChI is InChI=1S/C27H38N2O4/c1-18(2)13-21(26(31)28-3)16-24(30)25(14-19-9-5-4-6-10-19)33-27(32)22-15-20-11-7-8-12-23(20)29-17-22/h7-8,11-12,15,17-19,21,24-25,30H,4-6,9-10,13-14,16H2,1-3H3,(H,28,31)/t21-,24+,25+/m0/s1. The third-order valence-electron chi connectivity index (χ3n) is 6.70. The molecule has 3 atom stereocenters. The highest BCUT2D eigenvalue weighted by Gasteiger charge is 2.32. The Labute approximate surface area is 197 Å². The van der Waals surface area contributed by atoms with Gasteiger partial charge in [0.05, 0.1) is 17.2 Å². The van der Waals surface area contributed by atoms with Crippen molar-refractivity contribution in [3.8, 4) is 0 Å². The molecule has 1 amide bonds. The van der Waals surface area contributed by atoms with Crippen LogP contribution in [0.15, 0.2) is 36.5 Å². The molecule has 0 aliphatic heterocycles. The second-order valence-electron chi connectivity index (χ2n) is 9.84. The van der Waals surface area contributed by atoms with Crippen LogP contribution in [0.4, 0.5) is 0 Å². The summed E-state index contributed by atoms with van der Waals surface area (Å²) in [5.74, 6) is -0.135. The number of esters is 1. The van der Waals surface area contributed by atoms with Gasteiger partial charge in [-0.25, -0.2) is 4.79 Å². The molecule has 1 fully saturated rings. The van der Waals surface area contributed by atoms with E-state index < -0.39 is 18.2 Å². The summed E-state index contributed by atoms with van der Waals surface area (Å²) in [6.07, 6.45) is 7.31. The fourth-order valence-electron chi connectivity index (χ4n) is 4.95. The topological polar surface area (TPSA) is 88.5 Å². The lowest BCUT2D eigenvalue weighted by Crippen LogP contribution is -2.38. The van der Waals surface area contributed by atoms with E-state index in [0.717, 1.165) is 23.7 Å². The number of aliphatic hydroxyl groups excluding tert-OH is 1. The first kappa shape index (κ1) is 25.2. The average Bonchev–Trinajstić information content (AvgIpc) is 2.82. The molecular formula is C27H38N2O4. The number of carbonyl (C=O) groups excluding carboxylic acids is 2. The summed E-state index contributed by atoms with van der Waals surface area (Å²) < 4.78 is 5.91. The molecule has 6 nitrogen and oxygen atoms in total. The second-order valence-corrected chi connectivity index (χ2v) is 9.84. The van der Waals surface area contributed by atoms with Gasteiger partial charge in [0.25, 0.3) is 0 Å². The number of fused-ring (bicyclic) bond motifs is 1. The van der Waals surface area contributed by atoms with E-state index in [-0.39, 0.29) is 18.2 Å². The number of hydrogen-bond donors (Lipinski definition) is 2. The summed E-state index contributed by atoms with van der Waals surface area (Å²) in [4.78, 5) is 29.8. The van der Waals surface area contributed by atoms with E-state index in [1.165, 1.54) is 25.5 Å². The van der Waals surface area contributed by atoms with Crippen molar-refractivity contribution in [1.29, 1.82) is 0 Å². The first-order chi connectivity index (χ1) is 15.9. The van der Waals surface area contributed by atoms with E-state index in [1.807, 2.05) is 24.3 Å². The number of para-hydroxylation sites is 1. The maximum absolute atomic E-state index is 13.0. The van der Waals surface area contributed by atoms with Gasteiger partial charge in [0.15, 0.2) is 0 Å². The molecule has 1 heterocycles. The molecule has 0 unspecified atom stereocenters. The Kier molecular flexibility index (Phi) is 9.24. The number of ether oxygens (including phenoxy) is 1. The highest BCUT2D eigenvalue weighted by molar-refractivity contribution is 5.93. The minimum absolute atomic E-state index is 0.0794. The van der Waals surface area contributed by atoms with Crippen molar-refractivity contribution in [3.05, 3.63) is 42.1 Å². The quantitative estimate of drug-likeness (QED) is 0.499. The molecule has 3 rings (SSSR count). The van der Waals surface area contributed by atoms with Crippen molar-refractivity contribution in [2.45, 2.75) is 77.4 Å². The SMILES string of the molecule is CNC(=O)[C@@H](CC(C)C)C[C@@H](O)[C@@H](CC1CCCCC1)OC(=O)c1cnc2ccccc2c1. The van der Waals surface area contributed by atoms with Gasteiger partial charge in [-0.15, -0.1) is 0 Å². The number of benzene rings is 1. The monoisotopic (exact) mass is 454 g/mol. The van der Waals surface area contributed by atoms with Crippen LogP contribution in [0.5, 0.6) is 0 Å². The van der Waals surface area contributed by atoms with Gasteiger partial charge in [-0.1, -0.05) is 64.2 Å². The van der Waals surface area contributed by atoms with E-state index >= 15 is 0 Å². The summed E-state index contributed by atoms with van der Waals surface area (Å²) >= 11 is 0. The fraction of sp³-hybridized carbons (Fsp3) is 0.593. The van der Waals surface area contributed by atoms with Gasteiger partial charge >= 0.3 is 5.97 Å². The van der Waals surface area contributed by atoms with Crippen LogP contribution in [0.25, 0.3) is 10.9 Å². The number of amides is 1. The van der Waals surface area contributed by atoms with Crippen LogP contribution in [0.3, 0.4) is 0 Å². The van der Waals surface area contributed by atoms with Crippen LogP contribution in [0.2, 0.25) is 0 Å². The molecule has 2 N–H and O–H groups in total. The van der Waals surface area contributed by atoms with Gasteiger partial charge in [-0.05, 0) is 43.2 Å². The number of carbonyl (C=O) groups is 2. The lowest BCUT2D eigenvalue weighted by molar-refractivity contribution is -0.127. The molecule has 1 aromatic carbocycles. The van der Waals surface area contributed by atoms with E-state index in [0.29, 0.717) is 30.2 Å². The Hall–Kier alpha value is -2.47. The van der Waals surface area contributed by atoms with Crippen molar-refractivity contribution in [3.63, 3.8) is 0 Å². The number of hydrogen-bond acceptors (Lipinski definition) is 5. The molecule has 180 valence electrons. The first-order valence-electron chi connectivity index (χ1n) is 12.3. The molecule has 0 bridgehead atoms. The number of pyridine rings is 1.